The lowest BCUT2D eigenvalue weighted by Gasteiger charge is -2.16. The molecule has 3 rings (SSSR count). The van der Waals surface area contributed by atoms with Crippen LogP contribution in [0.5, 0.6) is 0 Å². The number of nitrogens with one attached hydrogen (secondary N) is 2. The molecule has 0 bridgehead atoms. The fraction of sp³-hybridized carbons (Fsp3) is 0.278. The largest absolute Gasteiger partial charge is 0.357 e. The van der Waals surface area contributed by atoms with E-state index in [1.54, 1.807) is 30.5 Å². The first-order chi connectivity index (χ1) is 11.8. The Morgan fingerprint density at radius 1 is 1.21 bits per heavy atom. The fourth-order valence-corrected chi connectivity index (χ4v) is 2.69. The molecule has 0 aliphatic carbocycles. The van der Waals surface area contributed by atoms with E-state index in [-0.39, 0.29) is 6.03 Å². The number of carbonyl (C=O) groups is 1. The third-order valence-corrected chi connectivity index (χ3v) is 3.99. The van der Waals surface area contributed by atoms with E-state index in [4.69, 9.17) is 5.26 Å². The first-order valence-corrected chi connectivity index (χ1v) is 8.00. The molecule has 24 heavy (non-hydrogen) atoms. The molecular formula is C18H19N5O. The number of amides is 2. The zero-order valence-electron chi connectivity index (χ0n) is 13.3. The maximum Gasteiger partial charge on any atom is 0.319 e. The molecule has 2 N–H and O–H groups in total. The molecule has 0 unspecified atom stereocenters. The van der Waals surface area contributed by atoms with Gasteiger partial charge in [0.15, 0.2) is 0 Å². The Hall–Kier alpha value is -3.07. The van der Waals surface area contributed by atoms with Crippen molar-refractivity contribution in [3.8, 4) is 6.07 Å². The van der Waals surface area contributed by atoms with Crippen molar-refractivity contribution in [1.82, 2.24) is 10.3 Å². The number of hydrogen-bond acceptors (Lipinski definition) is 4. The summed E-state index contributed by atoms with van der Waals surface area (Å²) in [6, 6.07) is 12.6. The molecule has 0 saturated carbocycles. The number of benzene rings is 1. The third-order valence-electron chi connectivity index (χ3n) is 3.99. The van der Waals surface area contributed by atoms with Gasteiger partial charge in [0.1, 0.15) is 11.9 Å². The summed E-state index contributed by atoms with van der Waals surface area (Å²) in [6.45, 7) is 2.50. The SMILES string of the molecule is N#Cc1ccccc1NC(=O)NCc1ccc(N2CCCC2)nc1. The fourth-order valence-electron chi connectivity index (χ4n) is 2.69. The number of anilines is 2. The molecule has 0 atom stereocenters. The van der Waals surface area contributed by atoms with Gasteiger partial charge in [-0.3, -0.25) is 0 Å². The number of nitriles is 1. The summed E-state index contributed by atoms with van der Waals surface area (Å²) in [4.78, 5) is 18.7. The average molecular weight is 321 g/mol. The predicted octanol–water partition coefficient (Wildman–Crippen LogP) is 2.88. The van der Waals surface area contributed by atoms with Crippen molar-refractivity contribution in [2.24, 2.45) is 0 Å². The highest BCUT2D eigenvalue weighted by Crippen LogP contribution is 2.17. The van der Waals surface area contributed by atoms with Gasteiger partial charge in [0, 0.05) is 25.8 Å². The summed E-state index contributed by atoms with van der Waals surface area (Å²) in [5.41, 5.74) is 1.87. The molecule has 1 aliphatic heterocycles. The second kappa shape index (κ2) is 7.47. The summed E-state index contributed by atoms with van der Waals surface area (Å²) in [5.74, 6) is 0.989. The van der Waals surface area contributed by atoms with Crippen LogP contribution < -0.4 is 15.5 Å². The highest BCUT2D eigenvalue weighted by Gasteiger charge is 2.13. The van der Waals surface area contributed by atoms with E-state index in [0.29, 0.717) is 17.8 Å². The van der Waals surface area contributed by atoms with Crippen LogP contribution in [0, 0.1) is 11.3 Å². The number of urea groups is 1. The van der Waals surface area contributed by atoms with Crippen molar-refractivity contribution in [2.75, 3.05) is 23.3 Å². The summed E-state index contributed by atoms with van der Waals surface area (Å²) in [5, 5.41) is 14.5. The Bertz CT molecular complexity index is 745. The second-order valence-corrected chi connectivity index (χ2v) is 5.68. The first kappa shape index (κ1) is 15.8. The maximum absolute atomic E-state index is 12.0. The number of rotatable bonds is 4. The number of nitrogens with zero attached hydrogens (tertiary/aromatic N) is 3. The molecule has 2 amide bonds. The van der Waals surface area contributed by atoms with Crippen LogP contribution in [0.1, 0.15) is 24.0 Å². The smallest absolute Gasteiger partial charge is 0.319 e. The lowest BCUT2D eigenvalue weighted by atomic mass is 10.2. The Balaban J connectivity index is 1.53. The Morgan fingerprint density at radius 3 is 2.71 bits per heavy atom. The monoisotopic (exact) mass is 321 g/mol. The topological polar surface area (TPSA) is 81.0 Å². The molecule has 1 aromatic carbocycles. The average Bonchev–Trinajstić information content (AvgIpc) is 3.15. The van der Waals surface area contributed by atoms with Gasteiger partial charge in [-0.15, -0.1) is 0 Å². The van der Waals surface area contributed by atoms with Gasteiger partial charge in [0.05, 0.1) is 11.3 Å². The standard InChI is InChI=1S/C18H19N5O/c19-11-15-5-1-2-6-16(15)22-18(24)21-13-14-7-8-17(20-12-14)23-9-3-4-10-23/h1-2,5-8,12H,3-4,9-10,13H2,(H2,21,22,24). The van der Waals surface area contributed by atoms with Gasteiger partial charge in [-0.2, -0.15) is 5.26 Å². The molecule has 1 saturated heterocycles. The van der Waals surface area contributed by atoms with Crippen molar-refractivity contribution >= 4 is 17.5 Å². The number of para-hydroxylation sites is 1. The van der Waals surface area contributed by atoms with Crippen LogP contribution in [0.2, 0.25) is 0 Å². The van der Waals surface area contributed by atoms with Crippen LogP contribution in [-0.4, -0.2) is 24.1 Å². The molecule has 0 radical (unpaired) electrons. The Kier molecular flexibility index (Phi) is 4.92. The van der Waals surface area contributed by atoms with E-state index in [1.165, 1.54) is 12.8 Å². The van der Waals surface area contributed by atoms with Crippen molar-refractivity contribution in [3.63, 3.8) is 0 Å². The van der Waals surface area contributed by atoms with Crippen LogP contribution in [-0.2, 0) is 6.54 Å². The van der Waals surface area contributed by atoms with Crippen molar-refractivity contribution in [2.45, 2.75) is 19.4 Å². The van der Waals surface area contributed by atoms with Crippen LogP contribution in [0.15, 0.2) is 42.6 Å². The van der Waals surface area contributed by atoms with Crippen LogP contribution >= 0.6 is 0 Å². The molecule has 2 heterocycles. The van der Waals surface area contributed by atoms with Crippen molar-refractivity contribution < 1.29 is 4.79 Å². The highest BCUT2D eigenvalue weighted by molar-refractivity contribution is 5.90. The molecule has 2 aromatic rings. The Labute approximate surface area is 141 Å². The van der Waals surface area contributed by atoms with E-state index in [1.807, 2.05) is 12.1 Å². The highest BCUT2D eigenvalue weighted by atomic mass is 16.2. The predicted molar refractivity (Wildman–Crippen MR) is 92.7 cm³/mol. The van der Waals surface area contributed by atoms with Crippen LogP contribution in [0.25, 0.3) is 0 Å². The summed E-state index contributed by atoms with van der Waals surface area (Å²) in [6.07, 6.45) is 4.22. The van der Waals surface area contributed by atoms with Gasteiger partial charge in [-0.25, -0.2) is 9.78 Å². The Morgan fingerprint density at radius 2 is 2.00 bits per heavy atom. The maximum atomic E-state index is 12.0. The quantitative estimate of drug-likeness (QED) is 0.907. The van der Waals surface area contributed by atoms with Crippen molar-refractivity contribution in [1.29, 1.82) is 5.26 Å². The molecule has 1 aliphatic rings. The third kappa shape index (κ3) is 3.82. The minimum Gasteiger partial charge on any atom is -0.357 e. The first-order valence-electron chi connectivity index (χ1n) is 8.00. The van der Waals surface area contributed by atoms with E-state index >= 15 is 0 Å². The van der Waals surface area contributed by atoms with E-state index in [2.05, 4.69) is 26.6 Å². The molecule has 0 spiro atoms. The van der Waals surface area contributed by atoms with Crippen LogP contribution in [0.3, 0.4) is 0 Å². The molecule has 6 nitrogen and oxygen atoms in total. The van der Waals surface area contributed by atoms with Gasteiger partial charge in [0.25, 0.3) is 0 Å². The zero-order chi connectivity index (χ0) is 16.8. The summed E-state index contributed by atoms with van der Waals surface area (Å²) < 4.78 is 0. The normalized spacial score (nSPS) is 13.4. The molecule has 122 valence electrons. The minimum atomic E-state index is -0.346. The van der Waals surface area contributed by atoms with Crippen LogP contribution in [0.4, 0.5) is 16.3 Å². The lowest BCUT2D eigenvalue weighted by Crippen LogP contribution is -2.28. The van der Waals surface area contributed by atoms with Gasteiger partial charge in [0.2, 0.25) is 0 Å². The molecule has 1 aromatic heterocycles. The second-order valence-electron chi connectivity index (χ2n) is 5.68. The van der Waals surface area contributed by atoms with Gasteiger partial charge >= 0.3 is 6.03 Å². The molecule has 6 heteroatoms. The van der Waals surface area contributed by atoms with Gasteiger partial charge < -0.3 is 15.5 Å². The number of hydrogen-bond donors (Lipinski definition) is 2. The summed E-state index contributed by atoms with van der Waals surface area (Å²) >= 11 is 0. The zero-order valence-corrected chi connectivity index (χ0v) is 13.3. The van der Waals surface area contributed by atoms with E-state index < -0.39 is 0 Å². The minimum absolute atomic E-state index is 0.346. The number of aromatic nitrogens is 1. The van der Waals surface area contributed by atoms with Gasteiger partial charge in [-0.05, 0) is 36.6 Å². The van der Waals surface area contributed by atoms with E-state index in [9.17, 15) is 4.79 Å². The van der Waals surface area contributed by atoms with E-state index in [0.717, 1.165) is 24.5 Å². The summed E-state index contributed by atoms with van der Waals surface area (Å²) in [7, 11) is 0. The van der Waals surface area contributed by atoms with Gasteiger partial charge in [-0.1, -0.05) is 18.2 Å². The number of pyridine rings is 1. The lowest BCUT2D eigenvalue weighted by molar-refractivity contribution is 0.251. The molecule has 1 fully saturated rings. The number of carbonyl (C=O) groups excluding carboxylic acids is 1. The molecular weight excluding hydrogens is 302 g/mol. The van der Waals surface area contributed by atoms with Crippen molar-refractivity contribution in [3.05, 3.63) is 53.7 Å².